The van der Waals surface area contributed by atoms with Crippen molar-refractivity contribution in [2.45, 2.75) is 12.5 Å². The van der Waals surface area contributed by atoms with E-state index in [1.165, 1.54) is 12.1 Å². The second-order valence-corrected chi connectivity index (χ2v) is 3.46. The molecule has 0 bridgehead atoms. The van der Waals surface area contributed by atoms with Crippen molar-refractivity contribution < 1.29 is 24.2 Å². The van der Waals surface area contributed by atoms with E-state index in [1.54, 1.807) is 12.1 Å². The second-order valence-electron chi connectivity index (χ2n) is 3.46. The van der Waals surface area contributed by atoms with Crippen molar-refractivity contribution in [1.82, 2.24) is 0 Å². The normalized spacial score (nSPS) is 20.1. The number of hydrogen-bond acceptors (Lipinski definition) is 5. The van der Waals surface area contributed by atoms with Crippen molar-refractivity contribution in [3.63, 3.8) is 0 Å². The summed E-state index contributed by atoms with van der Waals surface area (Å²) in [6.07, 6.45) is -0.629. The summed E-state index contributed by atoms with van der Waals surface area (Å²) >= 11 is 0. The van der Waals surface area contributed by atoms with Gasteiger partial charge in [0.2, 0.25) is 6.10 Å². The van der Waals surface area contributed by atoms with Crippen LogP contribution in [0.4, 0.5) is 0 Å². The van der Waals surface area contributed by atoms with Crippen LogP contribution in [0.15, 0.2) is 24.3 Å². The van der Waals surface area contributed by atoms with Gasteiger partial charge in [-0.05, 0) is 17.7 Å². The van der Waals surface area contributed by atoms with E-state index in [9.17, 15) is 9.59 Å². The van der Waals surface area contributed by atoms with Gasteiger partial charge in [0.05, 0.1) is 0 Å². The molecule has 1 saturated heterocycles. The maximum absolute atomic E-state index is 11.3. The number of carbonyl (C=O) groups excluding carboxylic acids is 2. The summed E-state index contributed by atoms with van der Waals surface area (Å²) in [5, 5.41) is 9.08. The van der Waals surface area contributed by atoms with Crippen molar-refractivity contribution in [2.75, 3.05) is 6.61 Å². The Bertz CT molecular complexity index is 409. The molecule has 1 atom stereocenters. The highest BCUT2D eigenvalue weighted by Crippen LogP contribution is 2.14. The fraction of sp³-hybridized carbons (Fsp3) is 0.273. The number of phenolic OH excluding ortho intramolecular Hbond substituents is 1. The molecule has 1 fully saturated rings. The molecule has 84 valence electrons. The summed E-state index contributed by atoms with van der Waals surface area (Å²) in [6, 6.07) is 6.33. The highest BCUT2D eigenvalue weighted by Gasteiger charge is 2.30. The Morgan fingerprint density at radius 1 is 1.25 bits per heavy atom. The smallest absolute Gasteiger partial charge is 0.348 e. The molecule has 0 aliphatic carbocycles. The minimum Gasteiger partial charge on any atom is -0.508 e. The first-order valence-electron chi connectivity index (χ1n) is 4.79. The lowest BCUT2D eigenvalue weighted by molar-refractivity contribution is -0.184. The number of carbonyl (C=O) groups is 2. The molecule has 0 saturated carbocycles. The molecule has 1 unspecified atom stereocenters. The molecule has 5 nitrogen and oxygen atoms in total. The van der Waals surface area contributed by atoms with Crippen molar-refractivity contribution in [2.24, 2.45) is 0 Å². The first-order chi connectivity index (χ1) is 7.65. The molecule has 1 aromatic rings. The van der Waals surface area contributed by atoms with E-state index in [4.69, 9.17) is 9.84 Å². The molecule has 1 aromatic carbocycles. The Morgan fingerprint density at radius 3 is 2.62 bits per heavy atom. The zero-order valence-corrected chi connectivity index (χ0v) is 8.38. The Balaban J connectivity index is 2.05. The van der Waals surface area contributed by atoms with Gasteiger partial charge in [-0.1, -0.05) is 12.1 Å². The third-order valence-corrected chi connectivity index (χ3v) is 2.23. The SMILES string of the molecule is O=C1COC(=O)C(Cc2ccc(O)cc2)O1. The molecule has 1 N–H and O–H groups in total. The quantitative estimate of drug-likeness (QED) is 0.733. The summed E-state index contributed by atoms with van der Waals surface area (Å²) in [5.41, 5.74) is 0.787. The zero-order valence-electron chi connectivity index (χ0n) is 8.38. The highest BCUT2D eigenvalue weighted by molar-refractivity contribution is 5.85. The number of phenols is 1. The Labute approximate surface area is 91.6 Å². The first kappa shape index (κ1) is 10.5. The van der Waals surface area contributed by atoms with Gasteiger partial charge in [0.1, 0.15) is 5.75 Å². The van der Waals surface area contributed by atoms with Gasteiger partial charge in [-0.2, -0.15) is 0 Å². The fourth-order valence-electron chi connectivity index (χ4n) is 1.43. The number of esters is 2. The monoisotopic (exact) mass is 222 g/mol. The van der Waals surface area contributed by atoms with Crippen LogP contribution in [0.2, 0.25) is 0 Å². The Kier molecular flexibility index (Phi) is 2.76. The van der Waals surface area contributed by atoms with Gasteiger partial charge in [-0.15, -0.1) is 0 Å². The van der Waals surface area contributed by atoms with Crippen molar-refractivity contribution >= 4 is 11.9 Å². The summed E-state index contributed by atoms with van der Waals surface area (Å²) in [6.45, 7) is -0.315. The number of aromatic hydroxyl groups is 1. The van der Waals surface area contributed by atoms with Crippen LogP contribution in [0.1, 0.15) is 5.56 Å². The van der Waals surface area contributed by atoms with Gasteiger partial charge >= 0.3 is 11.9 Å². The molecule has 1 heterocycles. The van der Waals surface area contributed by atoms with E-state index in [0.29, 0.717) is 0 Å². The van der Waals surface area contributed by atoms with E-state index < -0.39 is 18.0 Å². The van der Waals surface area contributed by atoms with E-state index >= 15 is 0 Å². The van der Waals surface area contributed by atoms with E-state index in [0.717, 1.165) is 5.56 Å². The van der Waals surface area contributed by atoms with Gasteiger partial charge in [0.25, 0.3) is 0 Å². The van der Waals surface area contributed by atoms with Crippen LogP contribution in [0.3, 0.4) is 0 Å². The molecule has 0 aromatic heterocycles. The van der Waals surface area contributed by atoms with Crippen LogP contribution in [0.5, 0.6) is 5.75 Å². The number of ether oxygens (including phenoxy) is 2. The number of rotatable bonds is 2. The number of cyclic esters (lactones) is 2. The summed E-state index contributed by atoms with van der Waals surface area (Å²) in [7, 11) is 0. The summed E-state index contributed by atoms with van der Waals surface area (Å²) in [4.78, 5) is 22.2. The molecular formula is C11H10O5. The molecule has 0 spiro atoms. The third kappa shape index (κ3) is 2.31. The lowest BCUT2D eigenvalue weighted by Crippen LogP contribution is -2.38. The average Bonchev–Trinajstić information content (AvgIpc) is 2.27. The van der Waals surface area contributed by atoms with Crippen molar-refractivity contribution in [1.29, 1.82) is 0 Å². The predicted octanol–water partition coefficient (Wildman–Crippen LogP) is 0.403. The minimum absolute atomic E-state index is 0.145. The van der Waals surface area contributed by atoms with Crippen LogP contribution in [-0.2, 0) is 25.5 Å². The molecule has 5 heteroatoms. The van der Waals surface area contributed by atoms with E-state index in [1.807, 2.05) is 0 Å². The molecule has 0 radical (unpaired) electrons. The van der Waals surface area contributed by atoms with Gasteiger partial charge in [0.15, 0.2) is 6.61 Å². The third-order valence-electron chi connectivity index (χ3n) is 2.23. The Hall–Kier alpha value is -2.04. The van der Waals surface area contributed by atoms with Gasteiger partial charge in [-0.3, -0.25) is 0 Å². The van der Waals surface area contributed by atoms with Gasteiger partial charge in [-0.25, -0.2) is 9.59 Å². The highest BCUT2D eigenvalue weighted by atomic mass is 16.6. The standard InChI is InChI=1S/C11H10O5/c12-8-3-1-7(2-4-8)5-9-11(14)15-6-10(13)16-9/h1-4,9,12H,5-6H2. The van der Waals surface area contributed by atoms with Crippen molar-refractivity contribution in [3.8, 4) is 5.75 Å². The largest absolute Gasteiger partial charge is 0.508 e. The molecule has 0 amide bonds. The second kappa shape index (κ2) is 4.22. The average molecular weight is 222 g/mol. The molecule has 2 rings (SSSR count). The lowest BCUT2D eigenvalue weighted by atomic mass is 10.1. The predicted molar refractivity (Wildman–Crippen MR) is 52.6 cm³/mol. The van der Waals surface area contributed by atoms with Gasteiger partial charge in [0, 0.05) is 6.42 Å². The first-order valence-corrected chi connectivity index (χ1v) is 4.79. The van der Waals surface area contributed by atoms with Crippen LogP contribution < -0.4 is 0 Å². The molecular weight excluding hydrogens is 212 g/mol. The minimum atomic E-state index is -0.884. The van der Waals surface area contributed by atoms with E-state index in [2.05, 4.69) is 4.74 Å². The summed E-state index contributed by atoms with van der Waals surface area (Å²) in [5.74, 6) is -0.928. The maximum Gasteiger partial charge on any atom is 0.348 e. The van der Waals surface area contributed by atoms with Crippen LogP contribution in [-0.4, -0.2) is 29.8 Å². The Morgan fingerprint density at radius 2 is 1.94 bits per heavy atom. The lowest BCUT2D eigenvalue weighted by Gasteiger charge is -2.21. The fourth-order valence-corrected chi connectivity index (χ4v) is 1.43. The van der Waals surface area contributed by atoms with Crippen molar-refractivity contribution in [3.05, 3.63) is 29.8 Å². The van der Waals surface area contributed by atoms with E-state index in [-0.39, 0.29) is 18.8 Å². The van der Waals surface area contributed by atoms with Crippen LogP contribution >= 0.6 is 0 Å². The van der Waals surface area contributed by atoms with Gasteiger partial charge < -0.3 is 14.6 Å². The molecule has 1 aliphatic heterocycles. The molecule has 1 aliphatic rings. The topological polar surface area (TPSA) is 72.8 Å². The number of hydrogen-bond donors (Lipinski definition) is 1. The van der Waals surface area contributed by atoms with Crippen LogP contribution in [0, 0.1) is 0 Å². The number of benzene rings is 1. The maximum atomic E-state index is 11.3. The summed E-state index contributed by atoms with van der Waals surface area (Å²) < 4.78 is 9.49. The zero-order chi connectivity index (χ0) is 11.5. The van der Waals surface area contributed by atoms with Crippen LogP contribution in [0.25, 0.3) is 0 Å². The molecule has 16 heavy (non-hydrogen) atoms.